The Morgan fingerprint density at radius 3 is 2.43 bits per heavy atom. The van der Waals surface area contributed by atoms with Crippen LogP contribution in [0.3, 0.4) is 0 Å². The zero-order chi connectivity index (χ0) is 24.4. The Bertz CT molecular complexity index is 1550. The van der Waals surface area contributed by atoms with E-state index in [4.69, 9.17) is 14.2 Å². The minimum absolute atomic E-state index is 0.144. The van der Waals surface area contributed by atoms with Crippen LogP contribution >= 0.6 is 0 Å². The molecule has 0 bridgehead atoms. The van der Waals surface area contributed by atoms with Crippen molar-refractivity contribution in [2.45, 2.75) is 0 Å². The molecule has 1 aromatic heterocycles. The lowest BCUT2D eigenvalue weighted by atomic mass is 10.0. The fourth-order valence-electron chi connectivity index (χ4n) is 3.86. The van der Waals surface area contributed by atoms with E-state index in [9.17, 15) is 9.90 Å². The summed E-state index contributed by atoms with van der Waals surface area (Å²) < 4.78 is 16.9. The number of nitrogens with one attached hydrogen (secondary N) is 1. The average Bonchev–Trinajstić information content (AvgIpc) is 2.88. The average molecular weight is 465 g/mol. The van der Waals surface area contributed by atoms with Gasteiger partial charge in [-0.2, -0.15) is 0 Å². The van der Waals surface area contributed by atoms with E-state index in [0.717, 1.165) is 10.8 Å². The predicted molar refractivity (Wildman–Crippen MR) is 134 cm³/mol. The summed E-state index contributed by atoms with van der Waals surface area (Å²) in [5, 5.41) is 14.8. The number of nitrogens with zero attached hydrogens (tertiary/aromatic N) is 1. The molecule has 35 heavy (non-hydrogen) atoms. The van der Waals surface area contributed by atoms with Crippen molar-refractivity contribution in [1.82, 2.24) is 4.98 Å². The zero-order valence-electron chi connectivity index (χ0n) is 19.0. The maximum absolute atomic E-state index is 12.9. The van der Waals surface area contributed by atoms with Crippen LogP contribution in [-0.4, -0.2) is 30.2 Å². The molecule has 0 aliphatic carbocycles. The number of aromatic nitrogens is 1. The van der Waals surface area contributed by atoms with E-state index in [1.54, 1.807) is 87.1 Å². The van der Waals surface area contributed by atoms with Crippen LogP contribution in [0.25, 0.3) is 21.7 Å². The van der Waals surface area contributed by atoms with Crippen molar-refractivity contribution in [1.29, 1.82) is 0 Å². The Morgan fingerprint density at radius 2 is 1.66 bits per heavy atom. The van der Waals surface area contributed by atoms with Gasteiger partial charge in [-0.3, -0.25) is 9.78 Å². The highest BCUT2D eigenvalue weighted by Gasteiger charge is 2.13. The summed E-state index contributed by atoms with van der Waals surface area (Å²) in [4.78, 5) is 17.3. The van der Waals surface area contributed by atoms with E-state index in [1.165, 1.54) is 0 Å². The van der Waals surface area contributed by atoms with Crippen molar-refractivity contribution in [2.75, 3.05) is 19.5 Å². The highest BCUT2D eigenvalue weighted by atomic mass is 16.5. The molecule has 0 fully saturated rings. The van der Waals surface area contributed by atoms with Crippen molar-refractivity contribution in [3.8, 4) is 28.7 Å². The molecule has 0 unspecified atom stereocenters. The fourth-order valence-corrected chi connectivity index (χ4v) is 3.86. The molecule has 1 radical (unpaired) electrons. The van der Waals surface area contributed by atoms with Gasteiger partial charge in [0.25, 0.3) is 5.91 Å². The first-order chi connectivity index (χ1) is 17.1. The summed E-state index contributed by atoms with van der Waals surface area (Å²) in [5.74, 6) is 2.22. The van der Waals surface area contributed by atoms with Gasteiger partial charge in [0.15, 0.2) is 11.5 Å². The minimum Gasteiger partial charge on any atom is -0.508 e. The minimum atomic E-state index is -0.295. The largest absolute Gasteiger partial charge is 0.508 e. The molecule has 0 aliphatic rings. The number of pyridine rings is 1. The summed E-state index contributed by atoms with van der Waals surface area (Å²) in [7, 11) is 3.15. The normalized spacial score (nSPS) is 10.8. The number of hydrogen-bond donors (Lipinski definition) is 2. The Morgan fingerprint density at radius 1 is 0.886 bits per heavy atom. The zero-order valence-corrected chi connectivity index (χ0v) is 19.0. The maximum atomic E-state index is 12.9. The van der Waals surface area contributed by atoms with Gasteiger partial charge in [-0.25, -0.2) is 0 Å². The van der Waals surface area contributed by atoms with Gasteiger partial charge in [0, 0.05) is 23.3 Å². The van der Waals surface area contributed by atoms with Gasteiger partial charge in [-0.05, 0) is 71.4 Å². The molecule has 0 aliphatic heterocycles. The van der Waals surface area contributed by atoms with E-state index >= 15 is 0 Å². The number of carbonyl (C=O) groups excluding carboxylic acids is 1. The smallest absolute Gasteiger partial charge is 0.256 e. The first-order valence-corrected chi connectivity index (χ1v) is 10.8. The lowest BCUT2D eigenvalue weighted by Crippen LogP contribution is -2.12. The van der Waals surface area contributed by atoms with Crippen LogP contribution in [-0.2, 0) is 0 Å². The fraction of sp³-hybridized carbons (Fsp3) is 0.0714. The second kappa shape index (κ2) is 9.23. The van der Waals surface area contributed by atoms with Crippen LogP contribution in [0.5, 0.6) is 28.7 Å². The van der Waals surface area contributed by atoms with E-state index in [-0.39, 0.29) is 11.7 Å². The number of benzene rings is 4. The highest BCUT2D eigenvalue weighted by molar-refractivity contribution is 6.12. The van der Waals surface area contributed by atoms with Crippen LogP contribution in [0.4, 0.5) is 5.69 Å². The molecule has 1 amide bonds. The van der Waals surface area contributed by atoms with Crippen molar-refractivity contribution < 1.29 is 24.1 Å². The SMILES string of the molecule is COc1cc2nccc(Oc3ccc(NC(=O)c4[c]ccc5cc(O)ccc45)cc3)c2cc1OC. The van der Waals surface area contributed by atoms with Gasteiger partial charge >= 0.3 is 0 Å². The summed E-state index contributed by atoms with van der Waals surface area (Å²) in [6.45, 7) is 0. The quantitative estimate of drug-likeness (QED) is 0.322. The molecular weight excluding hydrogens is 444 g/mol. The Balaban J connectivity index is 1.36. The van der Waals surface area contributed by atoms with Crippen LogP contribution < -0.4 is 19.5 Å². The molecule has 173 valence electrons. The molecule has 0 saturated heterocycles. The van der Waals surface area contributed by atoms with E-state index in [1.807, 2.05) is 6.07 Å². The molecule has 0 saturated carbocycles. The number of aromatic hydroxyl groups is 1. The lowest BCUT2D eigenvalue weighted by Gasteiger charge is -2.13. The van der Waals surface area contributed by atoms with Crippen LogP contribution in [0, 0.1) is 6.07 Å². The topological polar surface area (TPSA) is 89.9 Å². The number of anilines is 1. The summed E-state index contributed by atoms with van der Waals surface area (Å²) in [6, 6.07) is 23.8. The van der Waals surface area contributed by atoms with Gasteiger partial charge in [0.2, 0.25) is 0 Å². The number of hydrogen-bond acceptors (Lipinski definition) is 6. The van der Waals surface area contributed by atoms with Gasteiger partial charge < -0.3 is 24.6 Å². The molecule has 0 spiro atoms. The first-order valence-electron chi connectivity index (χ1n) is 10.8. The second-order valence-electron chi connectivity index (χ2n) is 7.74. The molecule has 5 rings (SSSR count). The Labute approximate surface area is 201 Å². The van der Waals surface area contributed by atoms with Crippen molar-refractivity contribution >= 4 is 33.3 Å². The van der Waals surface area contributed by atoms with E-state index in [2.05, 4.69) is 16.4 Å². The number of ether oxygens (including phenoxy) is 3. The number of methoxy groups -OCH3 is 2. The summed E-state index contributed by atoms with van der Waals surface area (Å²) in [6.07, 6.45) is 1.67. The standard InChI is InChI=1S/C28H21N2O5/c1-33-26-15-23-24(16-27(26)34-2)29-13-12-25(23)35-20-9-6-18(7-10-20)30-28(32)22-5-3-4-17-14-19(31)8-11-21(17)22/h3-4,6-16,31H,1-2H3,(H,30,32). The molecule has 7 heteroatoms. The molecule has 7 nitrogen and oxygen atoms in total. The molecular formula is C28H21N2O5. The Hall–Kier alpha value is -4.78. The maximum Gasteiger partial charge on any atom is 0.256 e. The second-order valence-corrected chi connectivity index (χ2v) is 7.74. The number of rotatable bonds is 6. The summed E-state index contributed by atoms with van der Waals surface area (Å²) >= 11 is 0. The van der Waals surface area contributed by atoms with Gasteiger partial charge in [-0.1, -0.05) is 12.1 Å². The highest BCUT2D eigenvalue weighted by Crippen LogP contribution is 2.37. The number of fused-ring (bicyclic) bond motifs is 2. The van der Waals surface area contributed by atoms with E-state index in [0.29, 0.717) is 45.2 Å². The predicted octanol–water partition coefficient (Wildman–Crippen LogP) is 5.96. The van der Waals surface area contributed by atoms with Gasteiger partial charge in [0.05, 0.1) is 25.3 Å². The van der Waals surface area contributed by atoms with Crippen molar-refractivity contribution in [3.63, 3.8) is 0 Å². The third kappa shape index (κ3) is 4.39. The monoisotopic (exact) mass is 465 g/mol. The first kappa shape index (κ1) is 22.0. The molecule has 2 N–H and O–H groups in total. The van der Waals surface area contributed by atoms with Crippen LogP contribution in [0.1, 0.15) is 10.4 Å². The molecule has 5 aromatic rings. The summed E-state index contributed by atoms with van der Waals surface area (Å²) in [5.41, 5.74) is 1.72. The molecule has 0 atom stereocenters. The molecule has 1 heterocycles. The lowest BCUT2D eigenvalue weighted by molar-refractivity contribution is 0.102. The van der Waals surface area contributed by atoms with E-state index < -0.39 is 0 Å². The van der Waals surface area contributed by atoms with Gasteiger partial charge in [0.1, 0.15) is 17.2 Å². The third-order valence-corrected chi connectivity index (χ3v) is 5.57. The number of amides is 1. The number of phenols is 1. The Kier molecular flexibility index (Phi) is 5.81. The van der Waals surface area contributed by atoms with Crippen LogP contribution in [0.15, 0.2) is 79.0 Å². The third-order valence-electron chi connectivity index (χ3n) is 5.57. The van der Waals surface area contributed by atoms with Crippen molar-refractivity contribution in [2.24, 2.45) is 0 Å². The van der Waals surface area contributed by atoms with Crippen molar-refractivity contribution in [3.05, 3.63) is 90.6 Å². The number of carbonyl (C=O) groups is 1. The van der Waals surface area contributed by atoms with Gasteiger partial charge in [-0.15, -0.1) is 0 Å². The number of phenolic OH excluding ortho intramolecular Hbond substituents is 1. The van der Waals surface area contributed by atoms with Crippen LogP contribution in [0.2, 0.25) is 0 Å². The molecule has 4 aromatic carbocycles.